The van der Waals surface area contributed by atoms with Crippen LogP contribution < -0.4 is 10.6 Å². The number of rotatable bonds is 9. The number of imide groups is 1. The van der Waals surface area contributed by atoms with E-state index in [2.05, 4.69) is 10.6 Å². The highest BCUT2D eigenvalue weighted by Gasteiger charge is 2.19. The van der Waals surface area contributed by atoms with Crippen molar-refractivity contribution >= 4 is 23.9 Å². The van der Waals surface area contributed by atoms with Gasteiger partial charge in [0.1, 0.15) is 6.54 Å². The molecule has 1 aromatic heterocycles. The smallest absolute Gasteiger partial charge is 0.339 e. The second-order valence-corrected chi connectivity index (χ2v) is 6.74. The lowest BCUT2D eigenvalue weighted by Gasteiger charge is -2.10. The molecule has 0 aliphatic rings. The molecule has 0 aromatic carbocycles. The summed E-state index contributed by atoms with van der Waals surface area (Å²) >= 11 is 0. The Balaban J connectivity index is 2.49. The van der Waals surface area contributed by atoms with Gasteiger partial charge in [-0.2, -0.15) is 0 Å². The van der Waals surface area contributed by atoms with Gasteiger partial charge in [0.15, 0.2) is 6.61 Å². The van der Waals surface area contributed by atoms with E-state index in [1.54, 1.807) is 31.4 Å². The molecule has 1 heterocycles. The predicted octanol–water partition coefficient (Wildman–Crippen LogP) is 1.70. The van der Waals surface area contributed by atoms with E-state index < -0.39 is 30.5 Å². The molecule has 1 aromatic rings. The third-order valence-corrected chi connectivity index (χ3v) is 3.98. The number of hydrogen-bond donors (Lipinski definition) is 2. The van der Waals surface area contributed by atoms with Crippen LogP contribution in [0.4, 0.5) is 4.79 Å². The van der Waals surface area contributed by atoms with E-state index >= 15 is 0 Å². The lowest BCUT2D eigenvalue weighted by atomic mass is 10.1. The Morgan fingerprint density at radius 1 is 1.14 bits per heavy atom. The average molecular weight is 395 g/mol. The van der Waals surface area contributed by atoms with Gasteiger partial charge in [0.2, 0.25) is 0 Å². The highest BCUT2D eigenvalue weighted by Crippen LogP contribution is 2.16. The van der Waals surface area contributed by atoms with Gasteiger partial charge in [-0.1, -0.05) is 13.8 Å². The number of aromatic nitrogens is 1. The Morgan fingerprint density at radius 2 is 1.82 bits per heavy atom. The second-order valence-electron chi connectivity index (χ2n) is 6.74. The number of aryl methyl sites for hydroxylation is 1. The maximum Gasteiger partial charge on any atom is 0.339 e. The highest BCUT2D eigenvalue weighted by atomic mass is 16.5. The van der Waals surface area contributed by atoms with Gasteiger partial charge in [-0.15, -0.1) is 0 Å². The van der Waals surface area contributed by atoms with E-state index in [4.69, 9.17) is 9.47 Å². The van der Waals surface area contributed by atoms with Crippen molar-refractivity contribution in [3.05, 3.63) is 23.0 Å². The van der Waals surface area contributed by atoms with Gasteiger partial charge in [-0.3, -0.25) is 14.9 Å². The minimum atomic E-state index is -0.719. The van der Waals surface area contributed by atoms with E-state index in [0.29, 0.717) is 29.4 Å². The Hall–Kier alpha value is -2.84. The predicted molar refractivity (Wildman–Crippen MR) is 102 cm³/mol. The fourth-order valence-electron chi connectivity index (χ4n) is 2.46. The summed E-state index contributed by atoms with van der Waals surface area (Å²) < 4.78 is 11.5. The first-order chi connectivity index (χ1) is 13.1. The van der Waals surface area contributed by atoms with Crippen LogP contribution in [0, 0.1) is 19.8 Å². The lowest BCUT2D eigenvalue weighted by Crippen LogP contribution is -2.42. The zero-order chi connectivity index (χ0) is 21.3. The molecule has 156 valence electrons. The molecule has 0 aliphatic heterocycles. The van der Waals surface area contributed by atoms with Crippen LogP contribution in [0.25, 0.3) is 0 Å². The molecule has 0 unspecified atom stereocenters. The average Bonchev–Trinajstić information content (AvgIpc) is 2.88. The maximum absolute atomic E-state index is 12.0. The SMILES string of the molecule is CCOC(=O)c1cc(C)n(CC(=O)OCC(=O)NC(=O)NCCC(C)C)c1C. The fourth-order valence-corrected chi connectivity index (χ4v) is 2.46. The summed E-state index contributed by atoms with van der Waals surface area (Å²) in [5, 5.41) is 4.65. The van der Waals surface area contributed by atoms with Gasteiger partial charge < -0.3 is 19.4 Å². The maximum atomic E-state index is 12.0. The van der Waals surface area contributed by atoms with Crippen molar-refractivity contribution in [2.24, 2.45) is 5.92 Å². The zero-order valence-corrected chi connectivity index (χ0v) is 17.1. The number of esters is 2. The van der Waals surface area contributed by atoms with E-state index in [0.717, 1.165) is 6.42 Å². The second kappa shape index (κ2) is 11.1. The van der Waals surface area contributed by atoms with Crippen molar-refractivity contribution in [1.82, 2.24) is 15.2 Å². The Morgan fingerprint density at radius 3 is 2.43 bits per heavy atom. The van der Waals surface area contributed by atoms with Gasteiger partial charge in [-0.25, -0.2) is 9.59 Å². The number of carbonyl (C=O) groups is 4. The summed E-state index contributed by atoms with van der Waals surface area (Å²) in [7, 11) is 0. The molecule has 0 fully saturated rings. The van der Waals surface area contributed by atoms with E-state index in [-0.39, 0.29) is 13.2 Å². The largest absolute Gasteiger partial charge is 0.462 e. The van der Waals surface area contributed by atoms with Gasteiger partial charge >= 0.3 is 18.0 Å². The first kappa shape index (κ1) is 23.2. The van der Waals surface area contributed by atoms with E-state index in [9.17, 15) is 19.2 Å². The quantitative estimate of drug-likeness (QED) is 0.615. The molecular weight excluding hydrogens is 366 g/mol. The molecule has 0 saturated carbocycles. The van der Waals surface area contributed by atoms with Gasteiger partial charge in [-0.05, 0) is 39.2 Å². The topological polar surface area (TPSA) is 116 Å². The standard InChI is InChI=1S/C19H29N3O6/c1-6-27-18(25)15-9-13(4)22(14(15)5)10-17(24)28-11-16(23)21-19(26)20-8-7-12(2)3/h9,12H,6-8,10-11H2,1-5H3,(H2,20,21,23,26). The third kappa shape index (κ3) is 7.42. The molecule has 9 heteroatoms. The van der Waals surface area contributed by atoms with Crippen molar-refractivity contribution in [3.63, 3.8) is 0 Å². The zero-order valence-electron chi connectivity index (χ0n) is 17.1. The summed E-state index contributed by atoms with van der Waals surface area (Å²) in [5.74, 6) is -1.41. The molecule has 0 bridgehead atoms. The van der Waals surface area contributed by atoms with Crippen molar-refractivity contribution < 1.29 is 28.7 Å². The number of nitrogens with one attached hydrogen (secondary N) is 2. The van der Waals surface area contributed by atoms with Crippen molar-refractivity contribution in [2.45, 2.75) is 47.6 Å². The third-order valence-electron chi connectivity index (χ3n) is 3.98. The lowest BCUT2D eigenvalue weighted by molar-refractivity contribution is -0.148. The number of ether oxygens (including phenoxy) is 2. The molecule has 0 atom stereocenters. The summed E-state index contributed by atoms with van der Waals surface area (Å²) in [6.07, 6.45) is 0.792. The van der Waals surface area contributed by atoms with Crippen LogP contribution in [-0.4, -0.2) is 48.2 Å². The first-order valence-electron chi connectivity index (χ1n) is 9.22. The van der Waals surface area contributed by atoms with Gasteiger partial charge in [0, 0.05) is 17.9 Å². The molecule has 0 radical (unpaired) electrons. The monoisotopic (exact) mass is 395 g/mol. The number of hydrogen-bond acceptors (Lipinski definition) is 6. The van der Waals surface area contributed by atoms with Crippen LogP contribution in [0.1, 0.15) is 48.9 Å². The van der Waals surface area contributed by atoms with E-state index in [1.807, 2.05) is 13.8 Å². The molecule has 28 heavy (non-hydrogen) atoms. The number of nitrogens with zero attached hydrogens (tertiary/aromatic N) is 1. The number of urea groups is 1. The minimum Gasteiger partial charge on any atom is -0.462 e. The van der Waals surface area contributed by atoms with Crippen LogP contribution in [0.2, 0.25) is 0 Å². The van der Waals surface area contributed by atoms with Crippen molar-refractivity contribution in [3.8, 4) is 0 Å². The number of amides is 3. The summed E-state index contributed by atoms with van der Waals surface area (Å²) in [6.45, 7) is 9.17. The van der Waals surface area contributed by atoms with Crippen LogP contribution in [0.3, 0.4) is 0 Å². The van der Waals surface area contributed by atoms with Crippen molar-refractivity contribution in [2.75, 3.05) is 19.8 Å². The molecule has 9 nitrogen and oxygen atoms in total. The minimum absolute atomic E-state index is 0.162. The Bertz CT molecular complexity index is 723. The van der Waals surface area contributed by atoms with Crippen LogP contribution in [-0.2, 0) is 25.6 Å². The molecule has 0 aliphatic carbocycles. The molecule has 2 N–H and O–H groups in total. The highest BCUT2D eigenvalue weighted by molar-refractivity contribution is 5.95. The summed E-state index contributed by atoms with van der Waals surface area (Å²) in [4.78, 5) is 47.2. The molecule has 1 rings (SSSR count). The first-order valence-corrected chi connectivity index (χ1v) is 9.22. The molecule has 3 amide bonds. The van der Waals surface area contributed by atoms with Crippen molar-refractivity contribution in [1.29, 1.82) is 0 Å². The van der Waals surface area contributed by atoms with Gasteiger partial charge in [0.05, 0.1) is 12.2 Å². The fraction of sp³-hybridized carbons (Fsp3) is 0.579. The summed E-state index contributed by atoms with van der Waals surface area (Å²) in [6, 6.07) is 1.01. The number of carbonyl (C=O) groups excluding carboxylic acids is 4. The normalized spacial score (nSPS) is 10.5. The van der Waals surface area contributed by atoms with Gasteiger partial charge in [0.25, 0.3) is 5.91 Å². The molecule has 0 spiro atoms. The Labute approximate surface area is 164 Å². The van der Waals surface area contributed by atoms with Crippen LogP contribution in [0.15, 0.2) is 6.07 Å². The van der Waals surface area contributed by atoms with Crippen LogP contribution >= 0.6 is 0 Å². The van der Waals surface area contributed by atoms with E-state index in [1.165, 1.54) is 0 Å². The summed E-state index contributed by atoms with van der Waals surface area (Å²) in [5.41, 5.74) is 1.64. The van der Waals surface area contributed by atoms with Crippen LogP contribution in [0.5, 0.6) is 0 Å². The molecule has 0 saturated heterocycles. The Kier molecular flexibility index (Phi) is 9.20. The molecular formula is C19H29N3O6.